The van der Waals surface area contributed by atoms with E-state index in [4.69, 9.17) is 4.74 Å². The molecule has 100 valence electrons. The molecule has 7 heteroatoms. The monoisotopic (exact) mass is 260 g/mol. The molecule has 0 radical (unpaired) electrons. The van der Waals surface area contributed by atoms with Gasteiger partial charge in [0.05, 0.1) is 12.8 Å². The summed E-state index contributed by atoms with van der Waals surface area (Å²) < 4.78 is 4.95. The molecule has 0 atom stereocenters. The Kier molecular flexibility index (Phi) is 5.00. The Balaban J connectivity index is 1.88. The van der Waals surface area contributed by atoms with Crippen LogP contribution in [0.25, 0.3) is 0 Å². The SMILES string of the molecule is COCCNc1cnnc(NCc2ccncc2)n1. The number of ether oxygens (including phenoxy) is 1. The van der Waals surface area contributed by atoms with Gasteiger partial charge in [-0.15, -0.1) is 5.10 Å². The lowest BCUT2D eigenvalue weighted by molar-refractivity contribution is 0.210. The topological polar surface area (TPSA) is 84.9 Å². The Labute approximate surface area is 111 Å². The van der Waals surface area contributed by atoms with Crippen molar-refractivity contribution in [2.45, 2.75) is 6.54 Å². The van der Waals surface area contributed by atoms with E-state index in [-0.39, 0.29) is 0 Å². The highest BCUT2D eigenvalue weighted by atomic mass is 16.5. The van der Waals surface area contributed by atoms with Crippen molar-refractivity contribution in [1.29, 1.82) is 0 Å². The summed E-state index contributed by atoms with van der Waals surface area (Å²) in [6, 6.07) is 3.86. The maximum absolute atomic E-state index is 4.95. The van der Waals surface area contributed by atoms with Crippen molar-refractivity contribution in [2.75, 3.05) is 30.9 Å². The molecule has 19 heavy (non-hydrogen) atoms. The number of rotatable bonds is 7. The highest BCUT2D eigenvalue weighted by Crippen LogP contribution is 2.05. The summed E-state index contributed by atoms with van der Waals surface area (Å²) in [7, 11) is 1.65. The number of methoxy groups -OCH3 is 1. The lowest BCUT2D eigenvalue weighted by Crippen LogP contribution is -2.11. The van der Waals surface area contributed by atoms with Crippen LogP contribution in [-0.2, 0) is 11.3 Å². The normalized spacial score (nSPS) is 10.2. The summed E-state index contributed by atoms with van der Waals surface area (Å²) in [5, 5.41) is 14.0. The molecule has 2 heterocycles. The van der Waals surface area contributed by atoms with Crippen molar-refractivity contribution < 1.29 is 4.74 Å². The Hall–Kier alpha value is -2.28. The van der Waals surface area contributed by atoms with Gasteiger partial charge in [0, 0.05) is 32.6 Å². The van der Waals surface area contributed by atoms with E-state index >= 15 is 0 Å². The number of nitrogens with one attached hydrogen (secondary N) is 2. The number of anilines is 2. The van der Waals surface area contributed by atoms with Gasteiger partial charge in [-0.1, -0.05) is 0 Å². The molecule has 0 fully saturated rings. The van der Waals surface area contributed by atoms with E-state index in [1.54, 1.807) is 25.7 Å². The first kappa shape index (κ1) is 13.2. The van der Waals surface area contributed by atoms with Crippen LogP contribution in [-0.4, -0.2) is 40.4 Å². The minimum atomic E-state index is 0.485. The number of hydrogen-bond acceptors (Lipinski definition) is 7. The molecule has 2 aromatic rings. The van der Waals surface area contributed by atoms with E-state index in [2.05, 4.69) is 30.8 Å². The van der Waals surface area contributed by atoms with Crippen molar-refractivity contribution in [2.24, 2.45) is 0 Å². The minimum absolute atomic E-state index is 0.485. The molecule has 0 unspecified atom stereocenters. The molecule has 7 nitrogen and oxygen atoms in total. The fourth-order valence-electron chi connectivity index (χ4n) is 1.43. The van der Waals surface area contributed by atoms with Crippen LogP contribution in [0.1, 0.15) is 5.56 Å². The fourth-order valence-corrected chi connectivity index (χ4v) is 1.43. The van der Waals surface area contributed by atoms with Crippen LogP contribution in [0.2, 0.25) is 0 Å². The first-order valence-corrected chi connectivity index (χ1v) is 5.94. The van der Waals surface area contributed by atoms with Crippen LogP contribution in [0.3, 0.4) is 0 Å². The van der Waals surface area contributed by atoms with Gasteiger partial charge in [-0.2, -0.15) is 10.1 Å². The molecule has 2 rings (SSSR count). The van der Waals surface area contributed by atoms with Gasteiger partial charge in [0.25, 0.3) is 0 Å². The minimum Gasteiger partial charge on any atom is -0.383 e. The Morgan fingerprint density at radius 3 is 2.84 bits per heavy atom. The van der Waals surface area contributed by atoms with Crippen LogP contribution in [0.15, 0.2) is 30.7 Å². The van der Waals surface area contributed by atoms with Gasteiger partial charge < -0.3 is 15.4 Å². The molecule has 0 bridgehead atoms. The molecule has 0 amide bonds. The van der Waals surface area contributed by atoms with Gasteiger partial charge in [-0.3, -0.25) is 4.98 Å². The second kappa shape index (κ2) is 7.22. The van der Waals surface area contributed by atoms with E-state index in [9.17, 15) is 0 Å². The molecule has 0 aliphatic rings. The lowest BCUT2D eigenvalue weighted by Gasteiger charge is -2.07. The van der Waals surface area contributed by atoms with E-state index in [0.29, 0.717) is 31.5 Å². The van der Waals surface area contributed by atoms with E-state index < -0.39 is 0 Å². The number of pyridine rings is 1. The van der Waals surface area contributed by atoms with Crippen molar-refractivity contribution >= 4 is 11.8 Å². The Morgan fingerprint density at radius 1 is 1.21 bits per heavy atom. The zero-order valence-corrected chi connectivity index (χ0v) is 10.7. The van der Waals surface area contributed by atoms with Crippen molar-refractivity contribution in [3.63, 3.8) is 0 Å². The number of nitrogens with zero attached hydrogens (tertiary/aromatic N) is 4. The third-order valence-corrected chi connectivity index (χ3v) is 2.37. The summed E-state index contributed by atoms with van der Waals surface area (Å²) in [6.45, 7) is 1.93. The molecular formula is C12H16N6O. The van der Waals surface area contributed by atoms with Gasteiger partial charge in [0.2, 0.25) is 5.95 Å². The van der Waals surface area contributed by atoms with Gasteiger partial charge in [0.1, 0.15) is 0 Å². The standard InChI is InChI=1S/C12H16N6O/c1-19-7-6-14-11-9-16-18-12(17-11)15-8-10-2-4-13-5-3-10/h2-5,9H,6-8H2,1H3,(H2,14,15,17,18). The predicted octanol–water partition coefficient (Wildman–Crippen LogP) is 0.937. The largest absolute Gasteiger partial charge is 0.383 e. The fraction of sp³-hybridized carbons (Fsp3) is 0.333. The van der Waals surface area contributed by atoms with Crippen molar-refractivity contribution in [1.82, 2.24) is 20.2 Å². The predicted molar refractivity (Wildman–Crippen MR) is 71.8 cm³/mol. The molecular weight excluding hydrogens is 244 g/mol. The van der Waals surface area contributed by atoms with Crippen LogP contribution < -0.4 is 10.6 Å². The zero-order valence-electron chi connectivity index (χ0n) is 10.7. The van der Waals surface area contributed by atoms with Gasteiger partial charge in [0.15, 0.2) is 5.82 Å². The van der Waals surface area contributed by atoms with Gasteiger partial charge in [-0.05, 0) is 17.7 Å². The second-order valence-corrected chi connectivity index (χ2v) is 3.79. The van der Waals surface area contributed by atoms with Crippen LogP contribution >= 0.6 is 0 Å². The highest BCUT2D eigenvalue weighted by molar-refractivity contribution is 5.37. The lowest BCUT2D eigenvalue weighted by atomic mass is 10.3. The van der Waals surface area contributed by atoms with Crippen molar-refractivity contribution in [3.8, 4) is 0 Å². The maximum atomic E-state index is 4.95. The Bertz CT molecular complexity index is 493. The molecule has 0 saturated carbocycles. The Morgan fingerprint density at radius 2 is 2.05 bits per heavy atom. The first-order chi connectivity index (χ1) is 9.38. The molecule has 0 spiro atoms. The van der Waals surface area contributed by atoms with Gasteiger partial charge >= 0.3 is 0 Å². The quantitative estimate of drug-likeness (QED) is 0.716. The molecule has 0 aromatic carbocycles. The van der Waals surface area contributed by atoms with E-state index in [1.807, 2.05) is 12.1 Å². The third kappa shape index (κ3) is 4.47. The number of aromatic nitrogens is 4. The zero-order chi connectivity index (χ0) is 13.3. The van der Waals surface area contributed by atoms with E-state index in [1.165, 1.54) is 0 Å². The summed E-state index contributed by atoms with van der Waals surface area (Å²) in [4.78, 5) is 8.26. The first-order valence-electron chi connectivity index (χ1n) is 5.94. The summed E-state index contributed by atoms with van der Waals surface area (Å²) in [5.74, 6) is 1.16. The highest BCUT2D eigenvalue weighted by Gasteiger charge is 2.00. The van der Waals surface area contributed by atoms with E-state index in [0.717, 1.165) is 5.56 Å². The molecule has 2 N–H and O–H groups in total. The maximum Gasteiger partial charge on any atom is 0.244 e. The van der Waals surface area contributed by atoms with Crippen LogP contribution in [0, 0.1) is 0 Å². The van der Waals surface area contributed by atoms with Crippen LogP contribution in [0.4, 0.5) is 11.8 Å². The average molecular weight is 260 g/mol. The smallest absolute Gasteiger partial charge is 0.244 e. The van der Waals surface area contributed by atoms with Crippen LogP contribution in [0.5, 0.6) is 0 Å². The number of hydrogen-bond donors (Lipinski definition) is 2. The molecule has 0 aliphatic carbocycles. The molecule has 2 aromatic heterocycles. The molecule has 0 aliphatic heterocycles. The van der Waals surface area contributed by atoms with Crippen molar-refractivity contribution in [3.05, 3.63) is 36.3 Å². The second-order valence-electron chi connectivity index (χ2n) is 3.79. The third-order valence-electron chi connectivity index (χ3n) is 2.37. The summed E-state index contributed by atoms with van der Waals surface area (Å²) in [5.41, 5.74) is 1.11. The summed E-state index contributed by atoms with van der Waals surface area (Å²) >= 11 is 0. The molecule has 0 saturated heterocycles. The average Bonchev–Trinajstić information content (AvgIpc) is 2.47. The van der Waals surface area contributed by atoms with Gasteiger partial charge in [-0.25, -0.2) is 0 Å². The summed E-state index contributed by atoms with van der Waals surface area (Å²) in [6.07, 6.45) is 5.07.